The maximum Gasteiger partial charge on any atom is 0.198 e. The van der Waals surface area contributed by atoms with Crippen LogP contribution < -0.4 is 10.1 Å². The summed E-state index contributed by atoms with van der Waals surface area (Å²) in [7, 11) is 1.54. The monoisotopic (exact) mass is 267 g/mol. The van der Waals surface area contributed by atoms with Gasteiger partial charge in [-0.2, -0.15) is 0 Å². The summed E-state index contributed by atoms with van der Waals surface area (Å²) in [5.74, 6) is 1.09. The quantitative estimate of drug-likeness (QED) is 0.639. The molecular weight excluding hydrogens is 254 g/mol. The molecule has 18 heavy (non-hydrogen) atoms. The van der Waals surface area contributed by atoms with E-state index in [4.69, 9.17) is 16.3 Å². The predicted octanol–water partition coefficient (Wildman–Crippen LogP) is 1.84. The summed E-state index contributed by atoms with van der Waals surface area (Å²) in [6, 6.07) is 0. The van der Waals surface area contributed by atoms with Crippen molar-refractivity contribution in [1.29, 1.82) is 0 Å². The third-order valence-electron chi connectivity index (χ3n) is 2.41. The zero-order valence-corrected chi connectivity index (χ0v) is 10.8. The Labute approximate surface area is 110 Å². The van der Waals surface area contributed by atoms with Gasteiger partial charge in [0.15, 0.2) is 16.7 Å². The summed E-state index contributed by atoms with van der Waals surface area (Å²) < 4.78 is 7.16. The molecule has 2 heterocycles. The zero-order valence-electron chi connectivity index (χ0n) is 10.0. The van der Waals surface area contributed by atoms with E-state index in [1.165, 1.54) is 6.33 Å². The Balaban J connectivity index is 1.85. The molecule has 0 aliphatic rings. The number of halogens is 1. The first-order chi connectivity index (χ1) is 8.81. The number of rotatable bonds is 6. The van der Waals surface area contributed by atoms with Crippen LogP contribution in [0.1, 0.15) is 6.42 Å². The van der Waals surface area contributed by atoms with E-state index < -0.39 is 0 Å². The third-order valence-corrected chi connectivity index (χ3v) is 2.68. The number of aromatic nitrogens is 4. The van der Waals surface area contributed by atoms with Gasteiger partial charge in [0.1, 0.15) is 6.33 Å². The maximum absolute atomic E-state index is 5.90. The molecule has 0 spiro atoms. The lowest BCUT2D eigenvalue weighted by molar-refractivity contribution is 0.413. The van der Waals surface area contributed by atoms with E-state index in [0.717, 1.165) is 19.5 Å². The standard InChI is InChI=1S/C11H14ClN5O/c1-18-9-10(12)15-7-16-11(9)14-3-2-5-17-6-4-13-8-17/h4,6-8H,2-3,5H2,1H3,(H,14,15,16). The van der Waals surface area contributed by atoms with Crippen LogP contribution in [0.5, 0.6) is 5.75 Å². The summed E-state index contributed by atoms with van der Waals surface area (Å²) in [5.41, 5.74) is 0. The van der Waals surface area contributed by atoms with Gasteiger partial charge in [-0.05, 0) is 6.42 Å². The summed E-state index contributed by atoms with van der Waals surface area (Å²) in [5, 5.41) is 3.48. The van der Waals surface area contributed by atoms with Crippen molar-refractivity contribution in [2.45, 2.75) is 13.0 Å². The van der Waals surface area contributed by atoms with Crippen LogP contribution in [0.15, 0.2) is 25.0 Å². The van der Waals surface area contributed by atoms with Crippen LogP contribution in [0, 0.1) is 0 Å². The topological polar surface area (TPSA) is 64.9 Å². The van der Waals surface area contributed by atoms with Crippen LogP contribution in [0.3, 0.4) is 0 Å². The molecule has 0 saturated heterocycles. The van der Waals surface area contributed by atoms with Crippen molar-refractivity contribution < 1.29 is 4.74 Å². The van der Waals surface area contributed by atoms with Crippen LogP contribution in [0.4, 0.5) is 5.82 Å². The van der Waals surface area contributed by atoms with E-state index in [-0.39, 0.29) is 0 Å². The Kier molecular flexibility index (Phi) is 4.35. The van der Waals surface area contributed by atoms with Crippen LogP contribution in [0.2, 0.25) is 5.15 Å². The molecule has 7 heteroatoms. The number of ether oxygens (including phenoxy) is 1. The van der Waals surface area contributed by atoms with Gasteiger partial charge in [-0.25, -0.2) is 15.0 Å². The molecule has 0 atom stereocenters. The maximum atomic E-state index is 5.90. The number of anilines is 1. The van der Waals surface area contributed by atoms with E-state index in [2.05, 4.69) is 20.3 Å². The summed E-state index contributed by atoms with van der Waals surface area (Å²) in [4.78, 5) is 11.9. The summed E-state index contributed by atoms with van der Waals surface area (Å²) in [6.45, 7) is 1.66. The largest absolute Gasteiger partial charge is 0.490 e. The number of aryl methyl sites for hydroxylation is 1. The number of nitrogens with one attached hydrogen (secondary N) is 1. The van der Waals surface area contributed by atoms with Gasteiger partial charge < -0.3 is 14.6 Å². The third kappa shape index (κ3) is 3.10. The summed E-state index contributed by atoms with van der Waals surface area (Å²) >= 11 is 5.90. The van der Waals surface area contributed by atoms with E-state index in [9.17, 15) is 0 Å². The number of methoxy groups -OCH3 is 1. The average Bonchev–Trinajstić information content (AvgIpc) is 2.88. The molecule has 0 aliphatic heterocycles. The molecule has 0 fully saturated rings. The fourth-order valence-electron chi connectivity index (χ4n) is 1.55. The Hall–Kier alpha value is -1.82. The zero-order chi connectivity index (χ0) is 12.8. The molecule has 0 aliphatic carbocycles. The van der Waals surface area contributed by atoms with Gasteiger partial charge in [-0.1, -0.05) is 11.6 Å². The molecular formula is C11H14ClN5O. The fourth-order valence-corrected chi connectivity index (χ4v) is 1.76. The fraction of sp³-hybridized carbons (Fsp3) is 0.364. The normalized spacial score (nSPS) is 10.3. The second kappa shape index (κ2) is 6.20. The van der Waals surface area contributed by atoms with Crippen molar-refractivity contribution in [1.82, 2.24) is 19.5 Å². The van der Waals surface area contributed by atoms with Crippen LogP contribution >= 0.6 is 11.6 Å². The first-order valence-electron chi connectivity index (χ1n) is 5.55. The van der Waals surface area contributed by atoms with Crippen molar-refractivity contribution in [2.75, 3.05) is 19.0 Å². The Morgan fingerprint density at radius 3 is 3.06 bits per heavy atom. The van der Waals surface area contributed by atoms with Crippen molar-refractivity contribution in [3.63, 3.8) is 0 Å². The first-order valence-corrected chi connectivity index (χ1v) is 5.93. The molecule has 0 saturated carbocycles. The highest BCUT2D eigenvalue weighted by Crippen LogP contribution is 2.28. The number of nitrogens with zero attached hydrogens (tertiary/aromatic N) is 4. The minimum atomic E-state index is 0.310. The molecule has 0 amide bonds. The minimum Gasteiger partial charge on any atom is -0.490 e. The highest BCUT2D eigenvalue weighted by atomic mass is 35.5. The number of hydrogen-bond acceptors (Lipinski definition) is 5. The molecule has 6 nitrogen and oxygen atoms in total. The Morgan fingerprint density at radius 1 is 1.44 bits per heavy atom. The van der Waals surface area contributed by atoms with E-state index in [0.29, 0.717) is 16.7 Å². The predicted molar refractivity (Wildman–Crippen MR) is 68.9 cm³/mol. The van der Waals surface area contributed by atoms with Crippen LogP contribution in [0.25, 0.3) is 0 Å². The molecule has 1 N–H and O–H groups in total. The second-order valence-electron chi connectivity index (χ2n) is 3.63. The number of imidazole rings is 1. The smallest absolute Gasteiger partial charge is 0.198 e. The molecule has 0 radical (unpaired) electrons. The average molecular weight is 268 g/mol. The highest BCUT2D eigenvalue weighted by molar-refractivity contribution is 6.31. The molecule has 2 aromatic rings. The highest BCUT2D eigenvalue weighted by Gasteiger charge is 2.09. The molecule has 0 aromatic carbocycles. The van der Waals surface area contributed by atoms with Gasteiger partial charge >= 0.3 is 0 Å². The van der Waals surface area contributed by atoms with E-state index in [1.807, 2.05) is 10.8 Å². The van der Waals surface area contributed by atoms with Crippen molar-refractivity contribution >= 4 is 17.4 Å². The Morgan fingerprint density at radius 2 is 2.33 bits per heavy atom. The first kappa shape index (κ1) is 12.6. The second-order valence-corrected chi connectivity index (χ2v) is 3.99. The lowest BCUT2D eigenvalue weighted by atomic mass is 10.4. The van der Waals surface area contributed by atoms with E-state index >= 15 is 0 Å². The lowest BCUT2D eigenvalue weighted by Gasteiger charge is -2.10. The van der Waals surface area contributed by atoms with Crippen molar-refractivity contribution in [3.8, 4) is 5.75 Å². The van der Waals surface area contributed by atoms with Gasteiger partial charge in [0.05, 0.1) is 13.4 Å². The molecule has 0 bridgehead atoms. The molecule has 0 unspecified atom stereocenters. The van der Waals surface area contributed by atoms with E-state index in [1.54, 1.807) is 19.6 Å². The van der Waals surface area contributed by atoms with Gasteiger partial charge in [0.25, 0.3) is 0 Å². The number of hydrogen-bond donors (Lipinski definition) is 1. The van der Waals surface area contributed by atoms with Crippen molar-refractivity contribution in [3.05, 3.63) is 30.2 Å². The van der Waals surface area contributed by atoms with Gasteiger partial charge in [-0.15, -0.1) is 0 Å². The van der Waals surface area contributed by atoms with Crippen LogP contribution in [-0.4, -0.2) is 33.2 Å². The Bertz CT molecular complexity index is 488. The van der Waals surface area contributed by atoms with Gasteiger partial charge in [0.2, 0.25) is 0 Å². The minimum absolute atomic E-state index is 0.310. The molecule has 2 rings (SSSR count). The summed E-state index contributed by atoms with van der Waals surface area (Å²) in [6.07, 6.45) is 7.84. The van der Waals surface area contributed by atoms with Crippen molar-refractivity contribution in [2.24, 2.45) is 0 Å². The molecule has 96 valence electrons. The molecule has 2 aromatic heterocycles. The lowest BCUT2D eigenvalue weighted by Crippen LogP contribution is -2.08. The van der Waals surface area contributed by atoms with Gasteiger partial charge in [-0.3, -0.25) is 0 Å². The SMILES string of the molecule is COc1c(Cl)ncnc1NCCCn1ccnc1. The van der Waals surface area contributed by atoms with Crippen LogP contribution in [-0.2, 0) is 6.54 Å². The van der Waals surface area contributed by atoms with Gasteiger partial charge in [0, 0.05) is 25.5 Å².